The van der Waals surface area contributed by atoms with Gasteiger partial charge in [0, 0.05) is 28.8 Å². The first-order valence-corrected chi connectivity index (χ1v) is 26.7. The van der Waals surface area contributed by atoms with Crippen LogP contribution in [0.2, 0.25) is 0 Å². The lowest BCUT2D eigenvalue weighted by Crippen LogP contribution is -2.73. The molecule has 4 saturated carbocycles. The lowest BCUT2D eigenvalue weighted by atomic mass is 9.32. The Hall–Kier alpha value is -1.11. The van der Waals surface area contributed by atoms with Crippen molar-refractivity contribution in [1.29, 1.82) is 0 Å². The second-order valence-corrected chi connectivity index (χ2v) is 25.1. The molecule has 4 heterocycles. The summed E-state index contributed by atoms with van der Waals surface area (Å²) in [7, 11) is -5.24. The summed E-state index contributed by atoms with van der Waals surface area (Å²) >= 11 is 0. The van der Waals surface area contributed by atoms with E-state index < -0.39 is 155 Å². The Balaban J connectivity index is 1.03. The molecule has 408 valence electrons. The Morgan fingerprint density at radius 2 is 1.30 bits per heavy atom. The zero-order chi connectivity index (χ0) is 51.8. The SMILES string of the molecule is C[C@H]1O[C@@H](O[C@H]2CC[C@@]3(C)[C@@H](CC[C@]4(C)[C@@H]3C=C[C@@]35OC[C@@]6(CC[C@@](C)(CO)C[C@H]63)[C@@H](O)C[C@@]45C)[C@]2(C)CO)[C@H](O[C@@H]2O[C@H](CO)[C@H](O)[C@H](O)[C@H]2O)[C@@H](O[C@@H]2O[C@H](CO)[C@H](OS(=O)(=O)O)[C@H](O)[C@H]2O)[C@H]1O. The minimum Gasteiger partial charge on any atom is -0.396 e. The van der Waals surface area contributed by atoms with Gasteiger partial charge in [0.15, 0.2) is 18.9 Å². The van der Waals surface area contributed by atoms with Gasteiger partial charge in [-0.25, -0.2) is 4.18 Å². The van der Waals surface area contributed by atoms with Crippen molar-refractivity contribution in [3.63, 3.8) is 0 Å². The zero-order valence-electron chi connectivity index (χ0n) is 41.3. The van der Waals surface area contributed by atoms with Crippen molar-refractivity contribution >= 4 is 10.4 Å². The van der Waals surface area contributed by atoms with Crippen molar-refractivity contribution in [2.45, 2.75) is 203 Å². The Labute approximate surface area is 414 Å². The van der Waals surface area contributed by atoms with Gasteiger partial charge in [-0.1, -0.05) is 46.8 Å². The summed E-state index contributed by atoms with van der Waals surface area (Å²) in [4.78, 5) is 0. The maximum atomic E-state index is 12.3. The Bertz CT molecular complexity index is 2080. The second kappa shape index (κ2) is 18.8. The highest BCUT2D eigenvalue weighted by Gasteiger charge is 2.79. The molecule has 4 saturated heterocycles. The van der Waals surface area contributed by atoms with Crippen LogP contribution in [0.1, 0.15) is 92.9 Å². The first-order chi connectivity index (χ1) is 33.2. The van der Waals surface area contributed by atoms with Gasteiger partial charge in [0.25, 0.3) is 0 Å². The molecule has 5 aliphatic carbocycles. The van der Waals surface area contributed by atoms with Gasteiger partial charge in [0.2, 0.25) is 0 Å². The number of hydrogen-bond donors (Lipinski definition) is 12. The lowest BCUT2D eigenvalue weighted by molar-refractivity contribution is -0.397. The zero-order valence-corrected chi connectivity index (χ0v) is 42.1. The molecule has 12 N–H and O–H groups in total. The van der Waals surface area contributed by atoms with Crippen molar-refractivity contribution in [2.75, 3.05) is 33.0 Å². The molecule has 2 bridgehead atoms. The summed E-state index contributed by atoms with van der Waals surface area (Å²) < 4.78 is 81.3. The number of fused-ring (bicyclic) bond motifs is 4. The van der Waals surface area contributed by atoms with Gasteiger partial charge in [-0.15, -0.1) is 0 Å². The molecule has 9 aliphatic rings. The van der Waals surface area contributed by atoms with Gasteiger partial charge in [0.1, 0.15) is 67.1 Å². The minimum atomic E-state index is -5.24. The van der Waals surface area contributed by atoms with Crippen LogP contribution >= 0.6 is 0 Å². The van der Waals surface area contributed by atoms with Crippen molar-refractivity contribution < 1.29 is 106 Å². The van der Waals surface area contributed by atoms with E-state index in [2.05, 4.69) is 44.0 Å². The van der Waals surface area contributed by atoms with E-state index in [1.807, 2.05) is 6.92 Å². The average Bonchev–Trinajstić information content (AvgIpc) is 3.60. The molecular weight excluding hydrogens is 961 g/mol. The average molecular weight is 1040 g/mol. The molecule has 22 nitrogen and oxygen atoms in total. The van der Waals surface area contributed by atoms with Crippen molar-refractivity contribution in [2.24, 2.45) is 50.2 Å². The number of aliphatic hydroxyl groups is 11. The fourth-order valence-electron chi connectivity index (χ4n) is 16.1. The molecule has 71 heavy (non-hydrogen) atoms. The number of aliphatic hydroxyl groups excluding tert-OH is 11. The summed E-state index contributed by atoms with van der Waals surface area (Å²) in [6, 6.07) is 0. The predicted molar refractivity (Wildman–Crippen MR) is 241 cm³/mol. The van der Waals surface area contributed by atoms with Crippen LogP contribution in [0.5, 0.6) is 0 Å². The topological polar surface area (TPSA) is 351 Å². The molecule has 0 unspecified atom stereocenters. The fourth-order valence-corrected chi connectivity index (χ4v) is 16.6. The highest BCUT2D eigenvalue weighted by Crippen LogP contribution is 2.79. The second-order valence-electron chi connectivity index (χ2n) is 24.1. The molecule has 4 aliphatic heterocycles. The van der Waals surface area contributed by atoms with E-state index in [-0.39, 0.29) is 41.8 Å². The molecule has 0 aromatic rings. The van der Waals surface area contributed by atoms with Crippen LogP contribution in [-0.4, -0.2) is 212 Å². The third kappa shape index (κ3) is 8.20. The minimum absolute atomic E-state index is 0.00790. The van der Waals surface area contributed by atoms with Crippen molar-refractivity contribution in [3.8, 4) is 0 Å². The van der Waals surface area contributed by atoms with Crippen molar-refractivity contribution in [3.05, 3.63) is 12.2 Å². The molecule has 1 spiro atoms. The van der Waals surface area contributed by atoms with Crippen molar-refractivity contribution in [1.82, 2.24) is 0 Å². The first kappa shape index (κ1) is 54.7. The highest BCUT2D eigenvalue weighted by atomic mass is 32.3. The Kier molecular flexibility index (Phi) is 14.5. The van der Waals surface area contributed by atoms with Crippen LogP contribution in [0.4, 0.5) is 0 Å². The first-order valence-electron chi connectivity index (χ1n) is 25.3. The van der Waals surface area contributed by atoms with E-state index >= 15 is 0 Å². The smallest absolute Gasteiger partial charge is 0.396 e. The number of rotatable bonds is 12. The monoisotopic (exact) mass is 1040 g/mol. The van der Waals surface area contributed by atoms with Gasteiger partial charge >= 0.3 is 10.4 Å². The highest BCUT2D eigenvalue weighted by molar-refractivity contribution is 7.80. The molecule has 9 rings (SSSR count). The summed E-state index contributed by atoms with van der Waals surface area (Å²) in [6.07, 6.45) is -18.3. The summed E-state index contributed by atoms with van der Waals surface area (Å²) in [5.74, 6) is -0.197. The molecule has 0 amide bonds. The molecule has 0 radical (unpaired) electrons. The van der Waals surface area contributed by atoms with E-state index in [1.165, 1.54) is 6.92 Å². The largest absolute Gasteiger partial charge is 0.397 e. The maximum absolute atomic E-state index is 12.3. The van der Waals surface area contributed by atoms with E-state index in [0.717, 1.165) is 25.7 Å². The fraction of sp³-hybridized carbons (Fsp3) is 0.958. The van der Waals surface area contributed by atoms with Crippen LogP contribution < -0.4 is 0 Å². The number of ether oxygens (including phenoxy) is 7. The quantitative estimate of drug-likeness (QED) is 0.0595. The van der Waals surface area contributed by atoms with Crippen LogP contribution in [0, 0.1) is 50.2 Å². The molecule has 0 aromatic heterocycles. The summed E-state index contributed by atoms with van der Waals surface area (Å²) in [6.45, 7) is 10.8. The van der Waals surface area contributed by atoms with Crippen LogP contribution in [0.25, 0.3) is 0 Å². The normalized spacial score (nSPS) is 57.0. The third-order valence-corrected chi connectivity index (χ3v) is 21.0. The molecular formula is C48H78O22S. The molecule has 27 atom stereocenters. The van der Waals surface area contributed by atoms with E-state index in [4.69, 9.17) is 33.2 Å². The predicted octanol–water partition coefficient (Wildman–Crippen LogP) is -1.60. The lowest BCUT2D eigenvalue weighted by Gasteiger charge is -2.73. The molecule has 0 aromatic carbocycles. The Morgan fingerprint density at radius 1 is 0.648 bits per heavy atom. The van der Waals surface area contributed by atoms with E-state index in [9.17, 15) is 69.1 Å². The van der Waals surface area contributed by atoms with E-state index in [0.29, 0.717) is 32.3 Å². The maximum Gasteiger partial charge on any atom is 0.397 e. The third-order valence-electron chi connectivity index (χ3n) is 20.5. The number of hydrogen-bond acceptors (Lipinski definition) is 21. The van der Waals surface area contributed by atoms with Crippen LogP contribution in [0.3, 0.4) is 0 Å². The standard InChI is InChI=1S/C48H78O22S/c1-22-30(54)37(68-40-35(59)33(57)36(24(18-50)66-40)70-71(60,61)62)38(69-39-34(58)32(56)31(55)23(17-49)65-39)41(64-22)67-29-9-10-43(3)25(44(29,4)20-52)7-11-45(5)26(43)8-12-48-27-15-42(2,19-51)13-14-47(27,21-63-48)28(53)16-46(45,48)6/h8,12,22-41,49-59H,7,9-11,13-21H2,1-6H3,(H,60,61,62)/t22-,23-,24-,25-,26-,27-,28+,29+,30+,31+,32+,33-,34-,35-,36+,37+,38-,39+,40+,41+,42-,43+,44+,45-,46+,47-,48-/m1/s1. The van der Waals surface area contributed by atoms with E-state index in [1.54, 1.807) is 0 Å². The number of allylic oxidation sites excluding steroid dienone is 1. The van der Waals surface area contributed by atoms with Gasteiger partial charge in [-0.2, -0.15) is 8.42 Å². The van der Waals surface area contributed by atoms with Gasteiger partial charge in [0.05, 0.1) is 50.3 Å². The Morgan fingerprint density at radius 3 is 1.93 bits per heavy atom. The van der Waals surface area contributed by atoms with Gasteiger partial charge in [-0.3, -0.25) is 4.55 Å². The molecule has 23 heteroatoms. The summed E-state index contributed by atoms with van der Waals surface area (Å²) in [5, 5.41) is 121. The van der Waals surface area contributed by atoms with Gasteiger partial charge < -0.3 is 89.3 Å². The molecule has 8 fully saturated rings. The van der Waals surface area contributed by atoms with Gasteiger partial charge in [-0.05, 0) is 86.4 Å². The van der Waals surface area contributed by atoms with Crippen LogP contribution in [0.15, 0.2) is 12.2 Å². The summed E-state index contributed by atoms with van der Waals surface area (Å²) in [5.41, 5.74) is -3.63. The van der Waals surface area contributed by atoms with Crippen LogP contribution in [-0.2, 0) is 47.7 Å².